The molecule has 2 nitrogen and oxygen atoms in total. The summed E-state index contributed by atoms with van der Waals surface area (Å²) < 4.78 is 0. The predicted molar refractivity (Wildman–Crippen MR) is 59.0 cm³/mol. The lowest BCUT2D eigenvalue weighted by Crippen LogP contribution is -2.24. The molecule has 0 aromatic heterocycles. The molecular weight excluding hydrogens is 188 g/mol. The number of thiocarbonyl (C=S) groups is 1. The van der Waals surface area contributed by atoms with E-state index in [1.54, 1.807) is 7.05 Å². The number of para-hydroxylation sites is 1. The van der Waals surface area contributed by atoms with E-state index in [0.29, 0.717) is 5.11 Å². The van der Waals surface area contributed by atoms with Gasteiger partial charge >= 0.3 is 0 Å². The van der Waals surface area contributed by atoms with Crippen molar-refractivity contribution < 1.29 is 0 Å². The van der Waals surface area contributed by atoms with Crippen LogP contribution in [0.15, 0.2) is 29.2 Å². The highest BCUT2D eigenvalue weighted by molar-refractivity contribution is 7.81. The van der Waals surface area contributed by atoms with Gasteiger partial charge in [0.25, 0.3) is 0 Å². The Morgan fingerprint density at radius 2 is 2.08 bits per heavy atom. The normalized spacial score (nSPS) is 9.17. The van der Waals surface area contributed by atoms with E-state index in [-0.39, 0.29) is 0 Å². The molecule has 0 saturated carbocycles. The van der Waals surface area contributed by atoms with E-state index in [4.69, 9.17) is 12.2 Å². The van der Waals surface area contributed by atoms with Crippen LogP contribution in [-0.2, 0) is 0 Å². The van der Waals surface area contributed by atoms with Gasteiger partial charge in [0, 0.05) is 11.9 Å². The van der Waals surface area contributed by atoms with Crippen LogP contribution in [0.5, 0.6) is 0 Å². The Bertz CT molecular complexity index is 286. The van der Waals surface area contributed by atoms with Crippen LogP contribution in [-0.4, -0.2) is 12.2 Å². The van der Waals surface area contributed by atoms with Crippen LogP contribution in [0.25, 0.3) is 0 Å². The zero-order valence-electron chi connectivity index (χ0n) is 6.66. The van der Waals surface area contributed by atoms with Crippen molar-refractivity contribution in [1.29, 1.82) is 0 Å². The predicted octanol–water partition coefficient (Wildman–Crippen LogP) is 1.89. The van der Waals surface area contributed by atoms with E-state index in [9.17, 15) is 0 Å². The fraction of sp³-hybridized carbons (Fsp3) is 0.125. The topological polar surface area (TPSA) is 24.1 Å². The monoisotopic (exact) mass is 198 g/mol. The summed E-state index contributed by atoms with van der Waals surface area (Å²) in [4.78, 5) is 0.884. The zero-order chi connectivity index (χ0) is 8.97. The molecule has 2 N–H and O–H groups in total. The molecule has 0 aliphatic rings. The molecule has 0 spiro atoms. The minimum Gasteiger partial charge on any atom is -0.366 e. The highest BCUT2D eigenvalue weighted by Gasteiger charge is 1.97. The molecule has 4 heteroatoms. The van der Waals surface area contributed by atoms with Crippen molar-refractivity contribution in [3.8, 4) is 0 Å². The van der Waals surface area contributed by atoms with Crippen molar-refractivity contribution in [2.45, 2.75) is 4.90 Å². The van der Waals surface area contributed by atoms with E-state index in [2.05, 4.69) is 23.3 Å². The average Bonchev–Trinajstić information content (AvgIpc) is 2.09. The first-order chi connectivity index (χ1) is 5.74. The van der Waals surface area contributed by atoms with Crippen molar-refractivity contribution in [1.82, 2.24) is 5.32 Å². The second kappa shape index (κ2) is 4.33. The van der Waals surface area contributed by atoms with Gasteiger partial charge in [0.05, 0.1) is 5.69 Å². The van der Waals surface area contributed by atoms with Crippen molar-refractivity contribution in [3.63, 3.8) is 0 Å². The molecule has 0 atom stereocenters. The summed E-state index contributed by atoms with van der Waals surface area (Å²) in [6.45, 7) is 0. The number of hydrogen-bond donors (Lipinski definition) is 3. The molecule has 1 aromatic rings. The molecule has 0 unspecified atom stereocenters. The quantitative estimate of drug-likeness (QED) is 0.474. The molecule has 1 aromatic carbocycles. The third kappa shape index (κ3) is 2.39. The van der Waals surface area contributed by atoms with Gasteiger partial charge in [-0.25, -0.2) is 0 Å². The van der Waals surface area contributed by atoms with Gasteiger partial charge in [-0.05, 0) is 24.4 Å². The first-order valence-corrected chi connectivity index (χ1v) is 4.36. The summed E-state index contributed by atoms with van der Waals surface area (Å²) in [5.41, 5.74) is 0.917. The number of benzene rings is 1. The summed E-state index contributed by atoms with van der Waals surface area (Å²) in [6, 6.07) is 7.69. The molecular formula is C8H10N2S2. The van der Waals surface area contributed by atoms with Gasteiger partial charge in [-0.1, -0.05) is 12.1 Å². The SMILES string of the molecule is CNC(=S)Nc1ccccc1S. The summed E-state index contributed by atoms with van der Waals surface area (Å²) in [7, 11) is 1.77. The van der Waals surface area contributed by atoms with Crippen LogP contribution in [0.3, 0.4) is 0 Å². The summed E-state index contributed by atoms with van der Waals surface area (Å²) in [5.74, 6) is 0. The van der Waals surface area contributed by atoms with Gasteiger partial charge in [-0.2, -0.15) is 0 Å². The van der Waals surface area contributed by atoms with Crippen molar-refractivity contribution >= 4 is 35.6 Å². The zero-order valence-corrected chi connectivity index (χ0v) is 8.38. The van der Waals surface area contributed by atoms with Crippen LogP contribution in [0.1, 0.15) is 0 Å². The second-order valence-electron chi connectivity index (χ2n) is 2.22. The molecule has 0 aliphatic carbocycles. The Morgan fingerprint density at radius 3 is 2.67 bits per heavy atom. The Hall–Kier alpha value is -0.740. The first-order valence-electron chi connectivity index (χ1n) is 3.51. The maximum atomic E-state index is 4.94. The summed E-state index contributed by atoms with van der Waals surface area (Å²) in [6.07, 6.45) is 0. The van der Waals surface area contributed by atoms with Gasteiger partial charge < -0.3 is 10.6 Å². The summed E-state index contributed by atoms with van der Waals surface area (Å²) in [5, 5.41) is 6.42. The second-order valence-corrected chi connectivity index (χ2v) is 3.11. The van der Waals surface area contributed by atoms with Crippen LogP contribution >= 0.6 is 24.8 Å². The fourth-order valence-corrected chi connectivity index (χ4v) is 1.09. The van der Waals surface area contributed by atoms with E-state index < -0.39 is 0 Å². The Kier molecular flexibility index (Phi) is 3.37. The van der Waals surface area contributed by atoms with Gasteiger partial charge in [0.1, 0.15) is 0 Å². The Morgan fingerprint density at radius 1 is 1.42 bits per heavy atom. The number of hydrogen-bond acceptors (Lipinski definition) is 2. The molecule has 64 valence electrons. The van der Waals surface area contributed by atoms with Gasteiger partial charge in [0.15, 0.2) is 5.11 Å². The van der Waals surface area contributed by atoms with E-state index in [1.807, 2.05) is 24.3 Å². The molecule has 0 heterocycles. The summed E-state index contributed by atoms with van der Waals surface area (Å²) >= 11 is 9.20. The minimum atomic E-state index is 0.594. The minimum absolute atomic E-state index is 0.594. The molecule has 0 bridgehead atoms. The van der Waals surface area contributed by atoms with Crippen molar-refractivity contribution in [2.24, 2.45) is 0 Å². The molecule has 12 heavy (non-hydrogen) atoms. The standard InChI is InChI=1S/C8H10N2S2/c1-9-8(12)10-6-4-2-3-5-7(6)11/h2-5,11H,1H3,(H2,9,10,12). The highest BCUT2D eigenvalue weighted by Crippen LogP contribution is 2.17. The maximum absolute atomic E-state index is 4.94. The molecule has 0 fully saturated rings. The molecule has 1 rings (SSSR count). The molecule has 0 radical (unpaired) electrons. The lowest BCUT2D eigenvalue weighted by Gasteiger charge is -2.08. The number of rotatable bonds is 1. The van der Waals surface area contributed by atoms with E-state index in [1.165, 1.54) is 0 Å². The number of nitrogens with one attached hydrogen (secondary N) is 2. The fourth-order valence-electron chi connectivity index (χ4n) is 0.764. The number of anilines is 1. The largest absolute Gasteiger partial charge is 0.366 e. The average molecular weight is 198 g/mol. The van der Waals surface area contributed by atoms with E-state index >= 15 is 0 Å². The third-order valence-electron chi connectivity index (χ3n) is 1.38. The first kappa shape index (κ1) is 9.35. The smallest absolute Gasteiger partial charge is 0.170 e. The Labute approximate surface area is 82.8 Å². The lowest BCUT2D eigenvalue weighted by molar-refractivity contribution is 1.19. The van der Waals surface area contributed by atoms with Gasteiger partial charge in [-0.15, -0.1) is 12.6 Å². The van der Waals surface area contributed by atoms with Crippen molar-refractivity contribution in [2.75, 3.05) is 12.4 Å². The third-order valence-corrected chi connectivity index (χ3v) is 2.08. The maximum Gasteiger partial charge on any atom is 0.170 e. The van der Waals surface area contributed by atoms with Crippen LogP contribution in [0, 0.1) is 0 Å². The number of thiol groups is 1. The molecule has 0 aliphatic heterocycles. The molecule has 0 amide bonds. The van der Waals surface area contributed by atoms with Crippen LogP contribution in [0.2, 0.25) is 0 Å². The van der Waals surface area contributed by atoms with Gasteiger partial charge in [-0.3, -0.25) is 0 Å². The van der Waals surface area contributed by atoms with Gasteiger partial charge in [0.2, 0.25) is 0 Å². The van der Waals surface area contributed by atoms with Crippen LogP contribution in [0.4, 0.5) is 5.69 Å². The van der Waals surface area contributed by atoms with Crippen molar-refractivity contribution in [3.05, 3.63) is 24.3 Å². The van der Waals surface area contributed by atoms with Crippen LogP contribution < -0.4 is 10.6 Å². The Balaban J connectivity index is 2.75. The van der Waals surface area contributed by atoms with E-state index in [0.717, 1.165) is 10.6 Å². The highest BCUT2D eigenvalue weighted by atomic mass is 32.1. The lowest BCUT2D eigenvalue weighted by atomic mass is 10.3. The molecule has 0 saturated heterocycles.